The van der Waals surface area contributed by atoms with E-state index in [2.05, 4.69) is 15.9 Å². The monoisotopic (exact) mass is 358 g/mol. The number of para-hydroxylation sites is 2. The average Bonchev–Trinajstić information content (AvgIpc) is 2.64. The van der Waals surface area contributed by atoms with Gasteiger partial charge >= 0.3 is 0 Å². The molecule has 1 fully saturated rings. The maximum atomic E-state index is 12.4. The van der Waals surface area contributed by atoms with Gasteiger partial charge in [-0.25, -0.2) is 0 Å². The number of halogens is 1. The van der Waals surface area contributed by atoms with Crippen molar-refractivity contribution in [1.29, 1.82) is 0 Å². The summed E-state index contributed by atoms with van der Waals surface area (Å²) in [6, 6.07) is 15.2. The van der Waals surface area contributed by atoms with Gasteiger partial charge in [0.1, 0.15) is 5.75 Å². The minimum absolute atomic E-state index is 0.139. The van der Waals surface area contributed by atoms with Crippen LogP contribution in [0.2, 0.25) is 5.02 Å². The smallest absolute Gasteiger partial charge is 0.176 e. The molecule has 25 heavy (non-hydrogen) atoms. The first-order chi connectivity index (χ1) is 12.2. The van der Waals surface area contributed by atoms with Gasteiger partial charge in [0.2, 0.25) is 0 Å². The first kappa shape index (κ1) is 17.8. The van der Waals surface area contributed by atoms with E-state index in [9.17, 15) is 4.79 Å². The van der Waals surface area contributed by atoms with E-state index in [-0.39, 0.29) is 5.78 Å². The zero-order chi connectivity index (χ0) is 17.6. The van der Waals surface area contributed by atoms with E-state index in [0.29, 0.717) is 23.7 Å². The Kier molecular flexibility index (Phi) is 5.95. The van der Waals surface area contributed by atoms with Crippen molar-refractivity contribution in [3.05, 3.63) is 59.1 Å². The largest absolute Gasteiger partial charge is 0.492 e. The van der Waals surface area contributed by atoms with Gasteiger partial charge in [-0.15, -0.1) is 0 Å². The molecule has 0 bridgehead atoms. The molecule has 1 heterocycles. The maximum Gasteiger partial charge on any atom is 0.176 e. The minimum Gasteiger partial charge on any atom is -0.492 e. The molecule has 132 valence electrons. The summed E-state index contributed by atoms with van der Waals surface area (Å²) in [6.45, 7) is 6.60. The summed E-state index contributed by atoms with van der Waals surface area (Å²) in [5.41, 5.74) is 1.85. The van der Waals surface area contributed by atoms with Crippen molar-refractivity contribution in [2.75, 3.05) is 44.2 Å². The highest BCUT2D eigenvalue weighted by atomic mass is 35.5. The Hall–Kier alpha value is -2.04. The number of nitrogens with zero attached hydrogens (tertiary/aromatic N) is 2. The van der Waals surface area contributed by atoms with E-state index in [1.165, 1.54) is 0 Å². The number of carbonyl (C=O) groups excluding carboxylic acids is 1. The van der Waals surface area contributed by atoms with Crippen LogP contribution in [-0.2, 0) is 0 Å². The van der Waals surface area contributed by atoms with Gasteiger partial charge in [0.05, 0.1) is 18.8 Å². The summed E-state index contributed by atoms with van der Waals surface area (Å²) in [7, 11) is 0. The molecule has 2 aromatic rings. The molecular formula is C20H23ClN2O2. The molecule has 3 rings (SSSR count). The summed E-state index contributed by atoms with van der Waals surface area (Å²) >= 11 is 5.88. The van der Waals surface area contributed by atoms with E-state index < -0.39 is 0 Å². The quantitative estimate of drug-likeness (QED) is 0.736. The van der Waals surface area contributed by atoms with Crippen molar-refractivity contribution >= 4 is 23.1 Å². The molecule has 4 nitrogen and oxygen atoms in total. The summed E-state index contributed by atoms with van der Waals surface area (Å²) in [5, 5.41) is 0.651. The summed E-state index contributed by atoms with van der Waals surface area (Å²) in [4.78, 5) is 16.9. The fraction of sp³-hybridized carbons (Fsp3) is 0.350. The van der Waals surface area contributed by atoms with Crippen molar-refractivity contribution in [2.45, 2.75) is 6.92 Å². The lowest BCUT2D eigenvalue weighted by Crippen LogP contribution is -2.48. The Morgan fingerprint density at radius 2 is 1.72 bits per heavy atom. The molecule has 0 aliphatic carbocycles. The van der Waals surface area contributed by atoms with Crippen LogP contribution in [0.25, 0.3) is 0 Å². The SMILES string of the molecule is CCOc1ccccc1N1CCN(CC(=O)c2ccc(Cl)cc2)CC1. The van der Waals surface area contributed by atoms with Crippen LogP contribution in [0.4, 0.5) is 5.69 Å². The van der Waals surface area contributed by atoms with Gasteiger partial charge in [0, 0.05) is 36.8 Å². The standard InChI is InChI=1S/C20H23ClN2O2/c1-2-25-20-6-4-3-5-18(20)23-13-11-22(12-14-23)15-19(24)16-7-9-17(21)10-8-16/h3-10H,2,11-15H2,1H3. The summed E-state index contributed by atoms with van der Waals surface area (Å²) < 4.78 is 5.73. The maximum absolute atomic E-state index is 12.4. The van der Waals surface area contributed by atoms with Gasteiger partial charge in [-0.05, 0) is 43.3 Å². The lowest BCUT2D eigenvalue weighted by Gasteiger charge is -2.36. The van der Waals surface area contributed by atoms with Gasteiger partial charge in [-0.1, -0.05) is 23.7 Å². The van der Waals surface area contributed by atoms with Gasteiger partial charge in [0.25, 0.3) is 0 Å². The Morgan fingerprint density at radius 3 is 2.40 bits per heavy atom. The number of ketones is 1. The van der Waals surface area contributed by atoms with E-state index in [4.69, 9.17) is 16.3 Å². The van der Waals surface area contributed by atoms with Gasteiger partial charge in [-0.3, -0.25) is 9.69 Å². The molecular weight excluding hydrogens is 336 g/mol. The zero-order valence-electron chi connectivity index (χ0n) is 14.5. The average molecular weight is 359 g/mol. The number of Topliss-reactive ketones (excluding diaryl/α,β-unsaturated/α-hetero) is 1. The van der Waals surface area contributed by atoms with Crippen molar-refractivity contribution in [2.24, 2.45) is 0 Å². The van der Waals surface area contributed by atoms with Crippen LogP contribution in [-0.4, -0.2) is 50.0 Å². The highest BCUT2D eigenvalue weighted by Gasteiger charge is 2.21. The second kappa shape index (κ2) is 8.37. The predicted octanol–water partition coefficient (Wildman–Crippen LogP) is 3.74. The number of hydrogen-bond acceptors (Lipinski definition) is 4. The van der Waals surface area contributed by atoms with E-state index >= 15 is 0 Å². The number of benzene rings is 2. The molecule has 0 N–H and O–H groups in total. The van der Waals surface area contributed by atoms with Gasteiger partial charge in [-0.2, -0.15) is 0 Å². The second-order valence-electron chi connectivity index (χ2n) is 6.09. The van der Waals surface area contributed by atoms with Crippen molar-refractivity contribution in [3.8, 4) is 5.75 Å². The molecule has 0 saturated carbocycles. The Bertz CT molecular complexity index is 710. The van der Waals surface area contributed by atoms with Gasteiger partial charge in [0.15, 0.2) is 5.78 Å². The Labute approximate surface area is 154 Å². The lowest BCUT2D eigenvalue weighted by molar-refractivity contribution is 0.0926. The molecule has 0 amide bonds. The molecule has 0 spiro atoms. The molecule has 0 unspecified atom stereocenters. The molecule has 0 radical (unpaired) electrons. The van der Waals surface area contributed by atoms with E-state index in [1.54, 1.807) is 24.3 Å². The van der Waals surface area contributed by atoms with E-state index in [0.717, 1.165) is 37.6 Å². The molecule has 1 aliphatic rings. The fourth-order valence-electron chi connectivity index (χ4n) is 3.07. The third kappa shape index (κ3) is 4.53. The minimum atomic E-state index is 0.139. The highest BCUT2D eigenvalue weighted by Crippen LogP contribution is 2.28. The molecule has 1 aliphatic heterocycles. The molecule has 2 aromatic carbocycles. The van der Waals surface area contributed by atoms with Crippen LogP contribution in [0.5, 0.6) is 5.75 Å². The third-order valence-corrected chi connectivity index (χ3v) is 4.66. The highest BCUT2D eigenvalue weighted by molar-refractivity contribution is 6.30. The van der Waals surface area contributed by atoms with Crippen LogP contribution in [0.3, 0.4) is 0 Å². The van der Waals surface area contributed by atoms with Crippen LogP contribution >= 0.6 is 11.6 Å². The van der Waals surface area contributed by atoms with Crippen LogP contribution in [0.15, 0.2) is 48.5 Å². The topological polar surface area (TPSA) is 32.8 Å². The van der Waals surface area contributed by atoms with Gasteiger partial charge < -0.3 is 9.64 Å². The van der Waals surface area contributed by atoms with Crippen molar-refractivity contribution < 1.29 is 9.53 Å². The number of carbonyl (C=O) groups is 1. The zero-order valence-corrected chi connectivity index (χ0v) is 15.2. The fourth-order valence-corrected chi connectivity index (χ4v) is 3.20. The number of anilines is 1. The molecule has 0 aromatic heterocycles. The first-order valence-corrected chi connectivity index (χ1v) is 9.03. The van der Waals surface area contributed by atoms with E-state index in [1.807, 2.05) is 25.1 Å². The molecule has 1 saturated heterocycles. The van der Waals surface area contributed by atoms with Crippen LogP contribution < -0.4 is 9.64 Å². The molecule has 5 heteroatoms. The predicted molar refractivity (Wildman–Crippen MR) is 102 cm³/mol. The lowest BCUT2D eigenvalue weighted by atomic mass is 10.1. The van der Waals surface area contributed by atoms with Crippen molar-refractivity contribution in [1.82, 2.24) is 4.90 Å². The number of piperazine rings is 1. The van der Waals surface area contributed by atoms with Crippen molar-refractivity contribution in [3.63, 3.8) is 0 Å². The van der Waals surface area contributed by atoms with Crippen LogP contribution in [0, 0.1) is 0 Å². The van der Waals surface area contributed by atoms with Crippen LogP contribution in [0.1, 0.15) is 17.3 Å². The summed E-state index contributed by atoms with van der Waals surface area (Å²) in [6.07, 6.45) is 0. The number of ether oxygens (including phenoxy) is 1. The second-order valence-corrected chi connectivity index (χ2v) is 6.53. The third-order valence-electron chi connectivity index (χ3n) is 4.41. The number of rotatable bonds is 6. The normalized spacial score (nSPS) is 15.2. The Morgan fingerprint density at radius 1 is 1.04 bits per heavy atom. The summed E-state index contributed by atoms with van der Waals surface area (Å²) in [5.74, 6) is 1.07. The molecule has 0 atom stereocenters. The Balaban J connectivity index is 1.57. The first-order valence-electron chi connectivity index (χ1n) is 8.65. The number of hydrogen-bond donors (Lipinski definition) is 0.